The van der Waals surface area contributed by atoms with E-state index in [1.807, 2.05) is 27.7 Å². The van der Waals surface area contributed by atoms with Crippen molar-refractivity contribution in [2.45, 2.75) is 46.6 Å². The molecule has 1 aromatic rings. The number of nitrogens with zero attached hydrogens (tertiary/aromatic N) is 3. The van der Waals surface area contributed by atoms with Gasteiger partial charge in [0, 0.05) is 6.42 Å². The van der Waals surface area contributed by atoms with Gasteiger partial charge < -0.3 is 0 Å². The van der Waals surface area contributed by atoms with Crippen molar-refractivity contribution in [3.05, 3.63) is 21.0 Å². The minimum atomic E-state index is -0.439. The van der Waals surface area contributed by atoms with Gasteiger partial charge in [-0.3, -0.25) is 10.1 Å². The molecule has 0 aliphatic carbocycles. The van der Waals surface area contributed by atoms with Crippen molar-refractivity contribution >= 4 is 17.3 Å². The fraction of sp³-hybridized carbons (Fsp3) is 0.727. The monoisotopic (exact) mass is 259 g/mol. The Morgan fingerprint density at radius 1 is 1.47 bits per heavy atom. The molecule has 0 aliphatic heterocycles. The van der Waals surface area contributed by atoms with Gasteiger partial charge in [-0.25, -0.2) is 4.68 Å². The normalized spacial score (nSPS) is 13.1. The third-order valence-electron chi connectivity index (χ3n) is 2.69. The topological polar surface area (TPSA) is 61.0 Å². The largest absolute Gasteiger partial charge is 0.329 e. The van der Waals surface area contributed by atoms with E-state index in [2.05, 4.69) is 5.10 Å². The molecule has 0 saturated heterocycles. The van der Waals surface area contributed by atoms with Gasteiger partial charge in [-0.2, -0.15) is 5.10 Å². The first-order valence-electron chi connectivity index (χ1n) is 5.79. The van der Waals surface area contributed by atoms with Crippen LogP contribution in [0.1, 0.15) is 45.9 Å². The second-order valence-electron chi connectivity index (χ2n) is 4.64. The summed E-state index contributed by atoms with van der Waals surface area (Å²) in [7, 11) is 0. The van der Waals surface area contributed by atoms with Crippen molar-refractivity contribution in [1.82, 2.24) is 9.78 Å². The summed E-state index contributed by atoms with van der Waals surface area (Å²) in [4.78, 5) is 10.6. The van der Waals surface area contributed by atoms with Gasteiger partial charge >= 0.3 is 5.69 Å². The number of hydrogen-bond donors (Lipinski definition) is 0. The van der Waals surface area contributed by atoms with E-state index in [1.165, 1.54) is 0 Å². The van der Waals surface area contributed by atoms with Gasteiger partial charge in [0.15, 0.2) is 0 Å². The summed E-state index contributed by atoms with van der Waals surface area (Å²) in [6, 6.07) is 0.0714. The third-order valence-corrected chi connectivity index (χ3v) is 3.04. The standard InChI is InChI=1S/C11H18ClN3O2/c1-5-8(4)14-11(12)10(15(16)17)9(13-14)6-7(2)3/h7-8H,5-6H2,1-4H3. The number of aromatic nitrogens is 2. The van der Waals surface area contributed by atoms with Crippen molar-refractivity contribution < 1.29 is 4.92 Å². The highest BCUT2D eigenvalue weighted by Gasteiger charge is 2.28. The van der Waals surface area contributed by atoms with Crippen LogP contribution < -0.4 is 0 Å². The SMILES string of the molecule is CCC(C)n1nc(CC(C)C)c([N+](=O)[O-])c1Cl. The van der Waals surface area contributed by atoms with Crippen molar-refractivity contribution in [2.75, 3.05) is 0 Å². The van der Waals surface area contributed by atoms with Crippen LogP contribution in [-0.4, -0.2) is 14.7 Å². The van der Waals surface area contributed by atoms with Crippen LogP contribution in [0.15, 0.2) is 0 Å². The molecule has 0 fully saturated rings. The lowest BCUT2D eigenvalue weighted by molar-refractivity contribution is -0.385. The zero-order valence-corrected chi connectivity index (χ0v) is 11.4. The number of hydrogen-bond acceptors (Lipinski definition) is 3. The molecule has 0 amide bonds. The summed E-state index contributed by atoms with van der Waals surface area (Å²) in [6.07, 6.45) is 1.40. The number of rotatable bonds is 5. The molecule has 1 rings (SSSR count). The van der Waals surface area contributed by atoms with Gasteiger partial charge in [-0.05, 0) is 19.3 Å². The van der Waals surface area contributed by atoms with E-state index < -0.39 is 4.92 Å². The van der Waals surface area contributed by atoms with Gasteiger partial charge in [0.2, 0.25) is 5.15 Å². The Bertz CT molecular complexity index is 415. The van der Waals surface area contributed by atoms with Crippen LogP contribution in [0.2, 0.25) is 5.15 Å². The molecule has 1 aromatic heterocycles. The van der Waals surface area contributed by atoms with Gasteiger partial charge in [0.05, 0.1) is 11.0 Å². The molecular formula is C11H18ClN3O2. The molecule has 96 valence electrons. The lowest BCUT2D eigenvalue weighted by Gasteiger charge is -2.09. The highest BCUT2D eigenvalue weighted by Crippen LogP contribution is 2.32. The van der Waals surface area contributed by atoms with Gasteiger partial charge in [-0.1, -0.05) is 32.4 Å². The van der Waals surface area contributed by atoms with Crippen LogP contribution in [0, 0.1) is 16.0 Å². The van der Waals surface area contributed by atoms with Crippen LogP contribution in [0.4, 0.5) is 5.69 Å². The van der Waals surface area contributed by atoms with Crippen LogP contribution >= 0.6 is 11.6 Å². The quantitative estimate of drug-likeness (QED) is 0.599. The average Bonchev–Trinajstić information content (AvgIpc) is 2.53. The predicted molar refractivity (Wildman–Crippen MR) is 67.4 cm³/mol. The maximum atomic E-state index is 11.0. The van der Waals surface area contributed by atoms with E-state index in [4.69, 9.17) is 11.6 Å². The van der Waals surface area contributed by atoms with Crippen LogP contribution in [0.3, 0.4) is 0 Å². The summed E-state index contributed by atoms with van der Waals surface area (Å²) in [5.41, 5.74) is 0.441. The summed E-state index contributed by atoms with van der Waals surface area (Å²) < 4.78 is 1.55. The minimum absolute atomic E-state index is 0.0410. The van der Waals surface area contributed by atoms with Crippen LogP contribution in [0.5, 0.6) is 0 Å². The van der Waals surface area contributed by atoms with E-state index in [0.29, 0.717) is 18.0 Å². The summed E-state index contributed by atoms with van der Waals surface area (Å²) in [5.74, 6) is 0.310. The first-order chi connectivity index (χ1) is 7.88. The van der Waals surface area contributed by atoms with Crippen LogP contribution in [0.25, 0.3) is 0 Å². The zero-order valence-electron chi connectivity index (χ0n) is 10.6. The Kier molecular flexibility index (Phi) is 4.51. The Balaban J connectivity index is 3.24. The molecule has 5 nitrogen and oxygen atoms in total. The van der Waals surface area contributed by atoms with Crippen LogP contribution in [-0.2, 0) is 6.42 Å². The molecule has 0 spiro atoms. The number of halogens is 1. The highest BCUT2D eigenvalue weighted by atomic mass is 35.5. The lowest BCUT2D eigenvalue weighted by Crippen LogP contribution is -2.06. The molecule has 1 atom stereocenters. The van der Waals surface area contributed by atoms with Gasteiger partial charge in [-0.15, -0.1) is 0 Å². The minimum Gasteiger partial charge on any atom is -0.258 e. The maximum absolute atomic E-state index is 11.0. The smallest absolute Gasteiger partial charge is 0.258 e. The first kappa shape index (κ1) is 14.0. The van der Waals surface area contributed by atoms with Gasteiger partial charge in [0.25, 0.3) is 0 Å². The molecule has 0 N–H and O–H groups in total. The molecule has 6 heteroatoms. The first-order valence-corrected chi connectivity index (χ1v) is 6.17. The molecular weight excluding hydrogens is 242 g/mol. The van der Waals surface area contributed by atoms with Crippen molar-refractivity contribution in [3.8, 4) is 0 Å². The Morgan fingerprint density at radius 2 is 2.06 bits per heavy atom. The van der Waals surface area contributed by atoms with E-state index in [-0.39, 0.29) is 16.9 Å². The number of nitro groups is 1. The predicted octanol–water partition coefficient (Wildman–Crippen LogP) is 3.61. The van der Waals surface area contributed by atoms with Crippen molar-refractivity contribution in [3.63, 3.8) is 0 Å². The van der Waals surface area contributed by atoms with Gasteiger partial charge in [0.1, 0.15) is 5.69 Å². The molecule has 1 heterocycles. The fourth-order valence-corrected chi connectivity index (χ4v) is 2.00. The molecule has 0 aromatic carbocycles. The van der Waals surface area contributed by atoms with E-state index in [1.54, 1.807) is 4.68 Å². The summed E-state index contributed by atoms with van der Waals surface area (Å²) >= 11 is 6.04. The molecule has 0 bridgehead atoms. The summed E-state index contributed by atoms with van der Waals surface area (Å²) in [5, 5.41) is 15.4. The van der Waals surface area contributed by atoms with E-state index in [9.17, 15) is 10.1 Å². The Morgan fingerprint density at radius 3 is 2.47 bits per heavy atom. The highest BCUT2D eigenvalue weighted by molar-refractivity contribution is 6.31. The van der Waals surface area contributed by atoms with E-state index >= 15 is 0 Å². The molecule has 1 unspecified atom stereocenters. The second kappa shape index (κ2) is 5.49. The fourth-order valence-electron chi connectivity index (χ4n) is 1.62. The van der Waals surface area contributed by atoms with E-state index in [0.717, 1.165) is 6.42 Å². The van der Waals surface area contributed by atoms with Crippen molar-refractivity contribution in [1.29, 1.82) is 0 Å². The molecule has 0 radical (unpaired) electrons. The Labute approximate surface area is 106 Å². The molecule has 0 saturated carbocycles. The summed E-state index contributed by atoms with van der Waals surface area (Å²) in [6.45, 7) is 7.94. The zero-order chi connectivity index (χ0) is 13.2. The maximum Gasteiger partial charge on any atom is 0.329 e. The molecule has 17 heavy (non-hydrogen) atoms. The van der Waals surface area contributed by atoms with Crippen molar-refractivity contribution in [2.24, 2.45) is 5.92 Å². The third kappa shape index (κ3) is 2.97. The molecule has 0 aliphatic rings. The second-order valence-corrected chi connectivity index (χ2v) is 5.00. The lowest BCUT2D eigenvalue weighted by atomic mass is 10.1. The Hall–Kier alpha value is -1.10. The average molecular weight is 260 g/mol.